The van der Waals surface area contributed by atoms with Gasteiger partial charge in [0.15, 0.2) is 15.9 Å². The van der Waals surface area contributed by atoms with Gasteiger partial charge in [-0.15, -0.1) is 11.3 Å². The number of aromatic nitrogens is 1. The molecule has 0 fully saturated rings. The molecule has 0 unspecified atom stereocenters. The van der Waals surface area contributed by atoms with Crippen LogP contribution in [0.5, 0.6) is 0 Å². The number of sulfone groups is 1. The minimum absolute atomic E-state index is 0.0985. The molecule has 0 radical (unpaired) electrons. The van der Waals surface area contributed by atoms with Gasteiger partial charge < -0.3 is 10.1 Å². The lowest BCUT2D eigenvalue weighted by Gasteiger charge is -2.14. The van der Waals surface area contributed by atoms with E-state index in [0.29, 0.717) is 12.1 Å². The number of nitrogens with zero attached hydrogens (tertiary/aromatic N) is 1. The fourth-order valence-electron chi connectivity index (χ4n) is 3.24. The summed E-state index contributed by atoms with van der Waals surface area (Å²) in [6.07, 6.45) is 0.740. The number of hydrogen-bond acceptors (Lipinski definition) is 7. The molecule has 0 saturated heterocycles. The molecule has 0 saturated carbocycles. The second-order valence-electron chi connectivity index (χ2n) is 7.78. The van der Waals surface area contributed by atoms with Crippen LogP contribution in [0.25, 0.3) is 10.2 Å². The Bertz CT molecular complexity index is 1410. The number of amides is 1. The highest BCUT2D eigenvalue weighted by atomic mass is 32.2. The summed E-state index contributed by atoms with van der Waals surface area (Å²) in [5.74, 6) is -1.19. The van der Waals surface area contributed by atoms with Crippen LogP contribution in [-0.2, 0) is 25.8 Å². The topological polar surface area (TPSA) is 102 Å². The number of para-hydroxylation sites is 1. The van der Waals surface area contributed by atoms with Crippen LogP contribution in [0.15, 0.2) is 77.7 Å². The van der Waals surface area contributed by atoms with E-state index in [2.05, 4.69) is 10.3 Å². The van der Waals surface area contributed by atoms with Crippen molar-refractivity contribution in [1.29, 1.82) is 0 Å². The molecule has 34 heavy (non-hydrogen) atoms. The van der Waals surface area contributed by atoms with Gasteiger partial charge in [-0.3, -0.25) is 4.79 Å². The number of carbonyl (C=O) groups excluding carboxylic acids is 2. The van der Waals surface area contributed by atoms with Crippen molar-refractivity contribution < 1.29 is 22.7 Å². The van der Waals surface area contributed by atoms with Gasteiger partial charge in [-0.2, -0.15) is 0 Å². The van der Waals surface area contributed by atoms with Crippen molar-refractivity contribution in [2.45, 2.75) is 24.3 Å². The molecule has 0 aliphatic carbocycles. The van der Waals surface area contributed by atoms with Gasteiger partial charge in [0, 0.05) is 18.4 Å². The summed E-state index contributed by atoms with van der Waals surface area (Å²) >= 11 is 1.66. The minimum Gasteiger partial charge on any atom is -0.449 e. The van der Waals surface area contributed by atoms with Gasteiger partial charge in [0.2, 0.25) is 0 Å². The maximum absolute atomic E-state index is 12.5. The van der Waals surface area contributed by atoms with Crippen molar-refractivity contribution in [2.24, 2.45) is 0 Å². The fourth-order valence-corrected chi connectivity index (χ4v) is 4.87. The zero-order valence-electron chi connectivity index (χ0n) is 18.5. The van der Waals surface area contributed by atoms with Gasteiger partial charge in [0.25, 0.3) is 5.91 Å². The van der Waals surface area contributed by atoms with E-state index in [0.717, 1.165) is 27.0 Å². The molecular formula is C25H22N2O5S2. The van der Waals surface area contributed by atoms with E-state index in [1.54, 1.807) is 23.5 Å². The normalized spacial score (nSPS) is 12.3. The highest BCUT2D eigenvalue weighted by Gasteiger charge is 2.19. The molecule has 0 aliphatic rings. The Balaban J connectivity index is 1.33. The lowest BCUT2D eigenvalue weighted by atomic mass is 10.1. The van der Waals surface area contributed by atoms with Crippen molar-refractivity contribution in [3.8, 4) is 0 Å². The Kier molecular flexibility index (Phi) is 6.76. The molecule has 4 aromatic rings. The second kappa shape index (κ2) is 9.74. The molecule has 1 aromatic heterocycles. The van der Waals surface area contributed by atoms with Gasteiger partial charge >= 0.3 is 5.97 Å². The summed E-state index contributed by atoms with van der Waals surface area (Å²) in [5.41, 5.74) is 2.79. The number of esters is 1. The van der Waals surface area contributed by atoms with Crippen LogP contribution >= 0.6 is 11.3 Å². The first-order valence-corrected chi connectivity index (χ1v) is 13.2. The van der Waals surface area contributed by atoms with Gasteiger partial charge in [0.1, 0.15) is 0 Å². The van der Waals surface area contributed by atoms with Gasteiger partial charge in [-0.1, -0.05) is 24.3 Å². The Morgan fingerprint density at radius 1 is 1.00 bits per heavy atom. The van der Waals surface area contributed by atoms with E-state index in [9.17, 15) is 18.0 Å². The second-order valence-corrected chi connectivity index (χ2v) is 10.9. The molecule has 0 aliphatic heterocycles. The Morgan fingerprint density at radius 3 is 2.32 bits per heavy atom. The van der Waals surface area contributed by atoms with E-state index < -0.39 is 27.8 Å². The molecule has 1 heterocycles. The highest BCUT2D eigenvalue weighted by molar-refractivity contribution is 7.90. The van der Waals surface area contributed by atoms with Crippen LogP contribution in [-0.4, -0.2) is 37.6 Å². The van der Waals surface area contributed by atoms with Crippen molar-refractivity contribution in [2.75, 3.05) is 11.6 Å². The number of rotatable bonds is 7. The van der Waals surface area contributed by atoms with E-state index in [-0.39, 0.29) is 10.5 Å². The molecule has 7 nitrogen and oxygen atoms in total. The van der Waals surface area contributed by atoms with E-state index in [1.165, 1.54) is 31.2 Å². The minimum atomic E-state index is -3.36. The summed E-state index contributed by atoms with van der Waals surface area (Å²) in [7, 11) is -3.36. The zero-order chi connectivity index (χ0) is 24.3. The average molecular weight is 495 g/mol. The van der Waals surface area contributed by atoms with Crippen LogP contribution in [0.1, 0.15) is 27.9 Å². The molecule has 1 N–H and O–H groups in total. The average Bonchev–Trinajstić information content (AvgIpc) is 3.22. The van der Waals surface area contributed by atoms with Crippen molar-refractivity contribution >= 4 is 49.0 Å². The van der Waals surface area contributed by atoms with Crippen molar-refractivity contribution in [1.82, 2.24) is 4.98 Å². The van der Waals surface area contributed by atoms with Gasteiger partial charge in [0.05, 0.1) is 25.7 Å². The van der Waals surface area contributed by atoms with Crippen LogP contribution in [0.3, 0.4) is 0 Å². The number of nitrogens with one attached hydrogen (secondary N) is 1. The molecule has 1 amide bonds. The Hall–Kier alpha value is -3.56. The van der Waals surface area contributed by atoms with E-state index in [1.807, 2.05) is 36.4 Å². The third-order valence-electron chi connectivity index (χ3n) is 5.09. The molecule has 4 rings (SSSR count). The van der Waals surface area contributed by atoms with E-state index in [4.69, 9.17) is 4.74 Å². The number of fused-ring (bicyclic) bond motifs is 1. The lowest BCUT2D eigenvalue weighted by molar-refractivity contribution is -0.123. The number of anilines is 1. The maximum atomic E-state index is 12.5. The smallest absolute Gasteiger partial charge is 0.338 e. The summed E-state index contributed by atoms with van der Waals surface area (Å²) in [4.78, 5) is 29.5. The van der Waals surface area contributed by atoms with Crippen LogP contribution in [0, 0.1) is 0 Å². The molecule has 9 heteroatoms. The number of hydrogen-bond donors (Lipinski definition) is 1. The zero-order valence-corrected chi connectivity index (χ0v) is 20.2. The molecular weight excluding hydrogens is 472 g/mol. The maximum Gasteiger partial charge on any atom is 0.338 e. The number of ether oxygens (including phenoxy) is 1. The third-order valence-corrected chi connectivity index (χ3v) is 7.25. The predicted octanol–water partition coefficient (Wildman–Crippen LogP) is 4.47. The first-order valence-electron chi connectivity index (χ1n) is 10.4. The standard InChI is InChI=1S/C25H22N2O5S2/c1-16(32-25(29)18-9-13-20(14-10-18)34(2,30)31)24(28)26-19-11-7-17(8-12-19)15-23-27-21-5-3-4-6-22(21)33-23/h3-14,16H,15H2,1-2H3,(H,26,28)/t16-/m0/s1. The van der Waals surface area contributed by atoms with Gasteiger partial charge in [-0.05, 0) is 61.0 Å². The molecule has 0 spiro atoms. The SMILES string of the molecule is C[C@H](OC(=O)c1ccc(S(C)(=O)=O)cc1)C(=O)Nc1ccc(Cc2nc3ccccc3s2)cc1. The Labute approximate surface area is 201 Å². The predicted molar refractivity (Wildman–Crippen MR) is 132 cm³/mol. The number of thiazole rings is 1. The van der Waals surface area contributed by atoms with Crippen molar-refractivity contribution in [3.63, 3.8) is 0 Å². The van der Waals surface area contributed by atoms with Crippen LogP contribution in [0.2, 0.25) is 0 Å². The summed E-state index contributed by atoms with van der Waals surface area (Å²) in [6.45, 7) is 1.47. The van der Waals surface area contributed by atoms with Gasteiger partial charge in [-0.25, -0.2) is 18.2 Å². The van der Waals surface area contributed by atoms with Crippen molar-refractivity contribution in [3.05, 3.63) is 88.9 Å². The molecule has 1 atom stereocenters. The number of benzene rings is 3. The summed E-state index contributed by atoms with van der Waals surface area (Å²) < 4.78 is 29.4. The third kappa shape index (κ3) is 5.67. The largest absolute Gasteiger partial charge is 0.449 e. The molecule has 0 bridgehead atoms. The monoisotopic (exact) mass is 494 g/mol. The van der Waals surface area contributed by atoms with E-state index >= 15 is 0 Å². The first kappa shape index (κ1) is 23.6. The molecule has 174 valence electrons. The van der Waals surface area contributed by atoms with Crippen LogP contribution in [0.4, 0.5) is 5.69 Å². The summed E-state index contributed by atoms with van der Waals surface area (Å²) in [6, 6.07) is 20.8. The fraction of sp³-hybridized carbons (Fsp3) is 0.160. The van der Waals surface area contributed by atoms with Crippen LogP contribution < -0.4 is 5.32 Å². The first-order chi connectivity index (χ1) is 16.2. The quantitative estimate of drug-likeness (QED) is 0.380. The lowest BCUT2D eigenvalue weighted by Crippen LogP contribution is -2.30. The summed E-state index contributed by atoms with van der Waals surface area (Å²) in [5, 5.41) is 3.75. The number of carbonyl (C=O) groups is 2. The Morgan fingerprint density at radius 2 is 1.68 bits per heavy atom. The molecule has 3 aromatic carbocycles. The highest BCUT2D eigenvalue weighted by Crippen LogP contribution is 2.24.